The molecule has 0 fully saturated rings. The number of ether oxygens (including phenoxy) is 2. The molecule has 168 valence electrons. The number of amides is 1. The molecule has 1 heterocycles. The monoisotopic (exact) mass is 454 g/mol. The summed E-state index contributed by atoms with van der Waals surface area (Å²) in [5, 5.41) is 4.55. The highest BCUT2D eigenvalue weighted by Crippen LogP contribution is 2.37. The van der Waals surface area contributed by atoms with Gasteiger partial charge in [0, 0.05) is 13.1 Å². The molecule has 7 nitrogen and oxygen atoms in total. The zero-order chi connectivity index (χ0) is 23.3. The summed E-state index contributed by atoms with van der Waals surface area (Å²) in [6, 6.07) is 11.3. The molecule has 8 heteroatoms. The first kappa shape index (κ1) is 23.3. The lowest BCUT2D eigenvalue weighted by Crippen LogP contribution is -2.27. The summed E-state index contributed by atoms with van der Waals surface area (Å²) in [7, 11) is 3.33. The highest BCUT2D eigenvalue weighted by molar-refractivity contribution is 6.32. The summed E-state index contributed by atoms with van der Waals surface area (Å²) in [4.78, 5) is 18.4. The van der Waals surface area contributed by atoms with E-state index in [1.165, 1.54) is 12.4 Å². The van der Waals surface area contributed by atoms with Gasteiger partial charge in [-0.15, -0.1) is 0 Å². The van der Waals surface area contributed by atoms with Crippen LogP contribution in [0.2, 0.25) is 5.02 Å². The van der Waals surface area contributed by atoms with Crippen LogP contribution in [0.5, 0.6) is 11.5 Å². The topological polar surface area (TPSA) is 69.5 Å². The molecule has 3 aromatic rings. The van der Waals surface area contributed by atoms with E-state index >= 15 is 0 Å². The Labute approximate surface area is 193 Å². The van der Waals surface area contributed by atoms with E-state index in [2.05, 4.69) is 10.1 Å². The van der Waals surface area contributed by atoms with Gasteiger partial charge in [0.15, 0.2) is 11.5 Å². The molecule has 1 atom stereocenters. The van der Waals surface area contributed by atoms with Gasteiger partial charge in [-0.1, -0.05) is 23.7 Å². The summed E-state index contributed by atoms with van der Waals surface area (Å²) in [6.45, 7) is 5.82. The molecule has 0 aliphatic carbocycles. The fourth-order valence-electron chi connectivity index (χ4n) is 3.13. The van der Waals surface area contributed by atoms with Gasteiger partial charge in [0.2, 0.25) is 5.91 Å². The summed E-state index contributed by atoms with van der Waals surface area (Å²) >= 11 is 6.37. The summed E-state index contributed by atoms with van der Waals surface area (Å²) < 4.78 is 12.8. The first-order valence-corrected chi connectivity index (χ1v) is 10.6. The van der Waals surface area contributed by atoms with Crippen LogP contribution < -0.4 is 9.47 Å². The van der Waals surface area contributed by atoms with Crippen molar-refractivity contribution in [2.45, 2.75) is 32.9 Å². The zero-order valence-corrected chi connectivity index (χ0v) is 19.6. The maximum atomic E-state index is 12.8. The van der Waals surface area contributed by atoms with Gasteiger partial charge in [0.25, 0.3) is 0 Å². The van der Waals surface area contributed by atoms with Crippen molar-refractivity contribution in [3.05, 3.63) is 71.3 Å². The Kier molecular flexibility index (Phi) is 7.53. The number of likely N-dealkylation sites (N-methyl/N-ethyl adjacent to an activating group) is 1. The molecule has 0 saturated heterocycles. The summed E-state index contributed by atoms with van der Waals surface area (Å²) in [5.41, 5.74) is 2.66. The second-order valence-electron chi connectivity index (χ2n) is 7.59. The van der Waals surface area contributed by atoms with Crippen molar-refractivity contribution >= 4 is 23.6 Å². The van der Waals surface area contributed by atoms with Crippen LogP contribution in [0.1, 0.15) is 37.9 Å². The van der Waals surface area contributed by atoms with Crippen LogP contribution in [0, 0.1) is 0 Å². The van der Waals surface area contributed by atoms with E-state index in [1.54, 1.807) is 48.3 Å². The van der Waals surface area contributed by atoms with Crippen molar-refractivity contribution in [3.8, 4) is 17.2 Å². The molecule has 1 amide bonds. The number of carbonyl (C=O) groups is 1. The van der Waals surface area contributed by atoms with E-state index in [0.717, 1.165) is 16.8 Å². The largest absolute Gasteiger partial charge is 0.493 e. The van der Waals surface area contributed by atoms with Crippen molar-refractivity contribution < 1.29 is 14.3 Å². The Morgan fingerprint density at radius 3 is 2.50 bits per heavy atom. The van der Waals surface area contributed by atoms with E-state index in [0.29, 0.717) is 16.5 Å². The summed E-state index contributed by atoms with van der Waals surface area (Å²) in [6.07, 6.45) is 6.33. The van der Waals surface area contributed by atoms with E-state index in [1.807, 2.05) is 45.0 Å². The molecule has 0 radical (unpaired) electrons. The van der Waals surface area contributed by atoms with E-state index in [4.69, 9.17) is 21.1 Å². The van der Waals surface area contributed by atoms with Gasteiger partial charge in [-0.05, 0) is 62.2 Å². The third-order valence-corrected chi connectivity index (χ3v) is 5.29. The van der Waals surface area contributed by atoms with Crippen molar-refractivity contribution in [1.29, 1.82) is 0 Å². The quantitative estimate of drug-likeness (QED) is 0.450. The van der Waals surface area contributed by atoms with E-state index < -0.39 is 0 Å². The van der Waals surface area contributed by atoms with Crippen LogP contribution in [0.15, 0.2) is 55.1 Å². The molecule has 32 heavy (non-hydrogen) atoms. The van der Waals surface area contributed by atoms with Gasteiger partial charge >= 0.3 is 0 Å². The van der Waals surface area contributed by atoms with Crippen LogP contribution in [-0.4, -0.2) is 45.8 Å². The third-order valence-electron chi connectivity index (χ3n) is 5.01. The molecule has 0 spiro atoms. The van der Waals surface area contributed by atoms with Crippen LogP contribution in [-0.2, 0) is 4.79 Å². The van der Waals surface area contributed by atoms with Gasteiger partial charge in [0.05, 0.1) is 30.0 Å². The lowest BCUT2D eigenvalue weighted by Gasteiger charge is -2.24. The first-order chi connectivity index (χ1) is 15.3. The molecule has 3 rings (SSSR count). The maximum absolute atomic E-state index is 12.8. The molecule has 0 aliphatic heterocycles. The first-order valence-electron chi connectivity index (χ1n) is 10.2. The van der Waals surface area contributed by atoms with Crippen molar-refractivity contribution in [2.75, 3.05) is 14.2 Å². The molecular weight excluding hydrogens is 428 g/mol. The average Bonchev–Trinajstić information content (AvgIpc) is 3.32. The highest BCUT2D eigenvalue weighted by Gasteiger charge is 2.16. The lowest BCUT2D eigenvalue weighted by atomic mass is 10.1. The molecule has 0 N–H and O–H groups in total. The predicted molar refractivity (Wildman–Crippen MR) is 125 cm³/mol. The van der Waals surface area contributed by atoms with Gasteiger partial charge in [-0.25, -0.2) is 9.67 Å². The van der Waals surface area contributed by atoms with Gasteiger partial charge in [-0.2, -0.15) is 5.10 Å². The molecule has 2 aromatic carbocycles. The second-order valence-corrected chi connectivity index (χ2v) is 8.00. The number of hydrogen-bond donors (Lipinski definition) is 0. The maximum Gasteiger partial charge on any atom is 0.246 e. The van der Waals surface area contributed by atoms with Crippen molar-refractivity contribution in [1.82, 2.24) is 19.7 Å². The fraction of sp³-hybridized carbons (Fsp3) is 0.292. The minimum Gasteiger partial charge on any atom is -0.493 e. The van der Waals surface area contributed by atoms with Crippen molar-refractivity contribution in [3.63, 3.8) is 0 Å². The number of nitrogens with zero attached hydrogens (tertiary/aromatic N) is 4. The predicted octanol–water partition coefficient (Wildman–Crippen LogP) is 4.95. The molecular formula is C24H27ClN4O3. The minimum absolute atomic E-state index is 0.0372. The normalized spacial score (nSPS) is 12.2. The SMILES string of the molecule is COc1cc(/C=C/C(=O)N(C)C(C)c2ccc(-n3cncn3)cc2)cc(Cl)c1OC(C)C. The number of halogens is 1. The number of methoxy groups -OCH3 is 1. The van der Waals surface area contributed by atoms with Crippen LogP contribution >= 0.6 is 11.6 Å². The smallest absolute Gasteiger partial charge is 0.246 e. The van der Waals surface area contributed by atoms with Crippen LogP contribution in [0.4, 0.5) is 0 Å². The molecule has 0 saturated carbocycles. The second kappa shape index (κ2) is 10.3. The number of hydrogen-bond acceptors (Lipinski definition) is 5. The van der Waals surface area contributed by atoms with E-state index in [9.17, 15) is 4.79 Å². The van der Waals surface area contributed by atoms with E-state index in [-0.39, 0.29) is 18.1 Å². The Hall–Kier alpha value is -3.32. The standard InChI is InChI=1S/C24H27ClN4O3/c1-16(2)32-24-21(25)12-18(13-22(24)31-5)6-11-23(30)28(4)17(3)19-7-9-20(10-8-19)29-15-26-14-27-29/h6-17H,1-5H3/b11-6+. The van der Waals surface area contributed by atoms with Gasteiger partial charge < -0.3 is 14.4 Å². The van der Waals surface area contributed by atoms with Crippen LogP contribution in [0.25, 0.3) is 11.8 Å². The fourth-order valence-corrected chi connectivity index (χ4v) is 3.40. The molecule has 0 bridgehead atoms. The van der Waals surface area contributed by atoms with Gasteiger partial charge in [-0.3, -0.25) is 4.79 Å². The Morgan fingerprint density at radius 1 is 1.19 bits per heavy atom. The number of carbonyl (C=O) groups excluding carboxylic acids is 1. The number of rotatable bonds is 8. The summed E-state index contributed by atoms with van der Waals surface area (Å²) in [5.74, 6) is 0.885. The number of aromatic nitrogens is 3. The zero-order valence-electron chi connectivity index (χ0n) is 18.8. The molecule has 1 aromatic heterocycles. The number of benzene rings is 2. The van der Waals surface area contributed by atoms with Gasteiger partial charge in [0.1, 0.15) is 12.7 Å². The Morgan fingerprint density at radius 2 is 1.91 bits per heavy atom. The Balaban J connectivity index is 1.71. The molecule has 1 unspecified atom stereocenters. The van der Waals surface area contributed by atoms with Crippen molar-refractivity contribution in [2.24, 2.45) is 0 Å². The van der Waals surface area contributed by atoms with Crippen LogP contribution in [0.3, 0.4) is 0 Å². The highest BCUT2D eigenvalue weighted by atomic mass is 35.5. The third kappa shape index (κ3) is 5.48. The minimum atomic E-state index is -0.129. The average molecular weight is 455 g/mol. The molecule has 0 aliphatic rings. The Bertz CT molecular complexity index is 1080. The lowest BCUT2D eigenvalue weighted by molar-refractivity contribution is -0.126.